The van der Waals surface area contributed by atoms with Gasteiger partial charge in [-0.1, -0.05) is 54.0 Å². The first-order chi connectivity index (χ1) is 15.8. The van der Waals surface area contributed by atoms with Crippen molar-refractivity contribution in [3.63, 3.8) is 0 Å². The molecule has 34 heavy (non-hydrogen) atoms. The van der Waals surface area contributed by atoms with Gasteiger partial charge in [-0.25, -0.2) is 0 Å². The van der Waals surface area contributed by atoms with Crippen molar-refractivity contribution < 1.29 is 14.4 Å². The first-order valence-corrected chi connectivity index (χ1v) is 13.3. The predicted octanol–water partition coefficient (Wildman–Crippen LogP) is 4.82. The number of likely N-dealkylation sites (N-methyl/N-ethyl adjacent to an activating group) is 1. The van der Waals surface area contributed by atoms with Gasteiger partial charge in [-0.05, 0) is 76.3 Å². The maximum atomic E-state index is 13.6. The van der Waals surface area contributed by atoms with E-state index in [1.807, 2.05) is 33.8 Å². The molecule has 196 valence electrons. The highest BCUT2D eigenvalue weighted by molar-refractivity contribution is 5.93. The van der Waals surface area contributed by atoms with Crippen LogP contribution in [0.3, 0.4) is 0 Å². The molecule has 1 heterocycles. The molecular weight excluding hydrogens is 426 g/mol. The average Bonchev–Trinajstić information content (AvgIpc) is 2.77. The van der Waals surface area contributed by atoms with Crippen molar-refractivity contribution >= 4 is 17.6 Å². The highest BCUT2D eigenvalue weighted by Gasteiger charge is 2.36. The van der Waals surface area contributed by atoms with Crippen LogP contribution in [0.4, 0.5) is 0 Å². The summed E-state index contributed by atoms with van der Waals surface area (Å²) in [6.45, 7) is 19.0. The normalized spacial score (nSPS) is 20.4. The molecule has 0 aromatic heterocycles. The highest BCUT2D eigenvalue weighted by atomic mass is 16.2. The molecular formula is C28H51N3O3. The average molecular weight is 478 g/mol. The molecule has 1 fully saturated rings. The summed E-state index contributed by atoms with van der Waals surface area (Å²) in [5.74, 6) is 0.608. The number of Topliss-reactive ketones (excluding diaryl/α,β-unsaturated/α-hetero) is 1. The van der Waals surface area contributed by atoms with E-state index in [1.165, 1.54) is 0 Å². The summed E-state index contributed by atoms with van der Waals surface area (Å²) in [6.07, 6.45) is 7.09. The second-order valence-corrected chi connectivity index (χ2v) is 11.4. The molecule has 0 bridgehead atoms. The third-order valence-corrected chi connectivity index (χ3v) is 7.26. The molecule has 0 spiro atoms. The Labute approximate surface area is 208 Å². The van der Waals surface area contributed by atoms with E-state index in [2.05, 4.69) is 31.0 Å². The number of carbonyl (C=O) groups is 3. The number of allylic oxidation sites excluding steroid dienone is 1. The minimum absolute atomic E-state index is 0.00388. The first-order valence-electron chi connectivity index (χ1n) is 13.3. The van der Waals surface area contributed by atoms with Crippen molar-refractivity contribution in [3.05, 3.63) is 11.6 Å². The lowest BCUT2D eigenvalue weighted by molar-refractivity contribution is -0.140. The van der Waals surface area contributed by atoms with E-state index in [9.17, 15) is 14.4 Å². The molecule has 6 heteroatoms. The molecule has 0 saturated carbocycles. The summed E-state index contributed by atoms with van der Waals surface area (Å²) in [6, 6.07) is -0.647. The van der Waals surface area contributed by atoms with E-state index in [4.69, 9.17) is 0 Å². The third-order valence-electron chi connectivity index (χ3n) is 7.26. The number of hydrogen-bond acceptors (Lipinski definition) is 4. The van der Waals surface area contributed by atoms with Crippen LogP contribution in [0.25, 0.3) is 0 Å². The predicted molar refractivity (Wildman–Crippen MR) is 140 cm³/mol. The lowest BCUT2D eigenvalue weighted by Crippen LogP contribution is -2.59. The van der Waals surface area contributed by atoms with Crippen molar-refractivity contribution in [2.75, 3.05) is 13.6 Å². The summed E-state index contributed by atoms with van der Waals surface area (Å²) >= 11 is 0. The van der Waals surface area contributed by atoms with E-state index in [-0.39, 0.29) is 41.5 Å². The summed E-state index contributed by atoms with van der Waals surface area (Å²) in [7, 11) is 1.78. The Kier molecular flexibility index (Phi) is 12.5. The minimum Gasteiger partial charge on any atom is -0.343 e. The van der Waals surface area contributed by atoms with Gasteiger partial charge in [0, 0.05) is 13.1 Å². The molecule has 0 aliphatic carbocycles. The Morgan fingerprint density at radius 3 is 2.09 bits per heavy atom. The Morgan fingerprint density at radius 2 is 1.59 bits per heavy atom. The number of rotatable bonds is 12. The van der Waals surface area contributed by atoms with Gasteiger partial charge in [0.1, 0.15) is 6.04 Å². The highest BCUT2D eigenvalue weighted by Crippen LogP contribution is 2.24. The van der Waals surface area contributed by atoms with Gasteiger partial charge in [-0.15, -0.1) is 0 Å². The standard InChI is InChI=1S/C28H51N3O3/c1-18(2)14-15-22(8)31-16-12-11-13-24(31)27(33)29-26(20(5)6)28(34)30(10)25(19(3)4)17-21(7)23(9)32/h17-20,22,24-26H,11-16H2,1-10H3,(H,29,33)/b21-17+. The molecule has 1 aliphatic heterocycles. The lowest BCUT2D eigenvalue weighted by atomic mass is 9.94. The molecule has 0 aromatic carbocycles. The van der Waals surface area contributed by atoms with Gasteiger partial charge in [-0.2, -0.15) is 0 Å². The van der Waals surface area contributed by atoms with Gasteiger partial charge in [0.05, 0.1) is 12.1 Å². The monoisotopic (exact) mass is 477 g/mol. The minimum atomic E-state index is -0.598. The smallest absolute Gasteiger partial charge is 0.245 e. The second kappa shape index (κ2) is 14.0. The van der Waals surface area contributed by atoms with Crippen molar-refractivity contribution in [1.29, 1.82) is 0 Å². The number of carbonyl (C=O) groups excluding carboxylic acids is 3. The van der Waals surface area contributed by atoms with Crippen LogP contribution in [0.15, 0.2) is 11.6 Å². The van der Waals surface area contributed by atoms with Crippen LogP contribution in [0, 0.1) is 17.8 Å². The molecule has 4 atom stereocenters. The van der Waals surface area contributed by atoms with Gasteiger partial charge in [0.25, 0.3) is 0 Å². The van der Waals surface area contributed by atoms with Crippen LogP contribution in [0.2, 0.25) is 0 Å². The number of ketones is 1. The summed E-state index contributed by atoms with van der Waals surface area (Å²) in [5, 5.41) is 3.13. The van der Waals surface area contributed by atoms with Crippen molar-refractivity contribution in [3.8, 4) is 0 Å². The number of hydrogen-bond donors (Lipinski definition) is 1. The van der Waals surface area contributed by atoms with E-state index in [0.29, 0.717) is 17.5 Å². The lowest BCUT2D eigenvalue weighted by Gasteiger charge is -2.40. The van der Waals surface area contributed by atoms with E-state index < -0.39 is 6.04 Å². The topological polar surface area (TPSA) is 69.7 Å². The van der Waals surface area contributed by atoms with Gasteiger partial charge in [-0.3, -0.25) is 19.3 Å². The molecule has 1 rings (SSSR count). The van der Waals surface area contributed by atoms with Crippen LogP contribution in [0.5, 0.6) is 0 Å². The zero-order valence-electron chi connectivity index (χ0n) is 23.5. The molecule has 2 amide bonds. The van der Waals surface area contributed by atoms with Crippen LogP contribution in [0.1, 0.15) is 94.4 Å². The van der Waals surface area contributed by atoms with Crippen molar-refractivity contribution in [2.45, 2.75) is 119 Å². The molecule has 1 N–H and O–H groups in total. The number of nitrogens with one attached hydrogen (secondary N) is 1. The van der Waals surface area contributed by atoms with Crippen molar-refractivity contribution in [2.24, 2.45) is 17.8 Å². The summed E-state index contributed by atoms with van der Waals surface area (Å²) in [5.41, 5.74) is 0.650. The van der Waals surface area contributed by atoms with Crippen LogP contribution in [-0.4, -0.2) is 65.2 Å². The maximum absolute atomic E-state index is 13.6. The third kappa shape index (κ3) is 8.83. The molecule has 4 unspecified atom stereocenters. The molecule has 1 aliphatic rings. The summed E-state index contributed by atoms with van der Waals surface area (Å²) in [4.78, 5) is 42.9. The van der Waals surface area contributed by atoms with Crippen LogP contribution >= 0.6 is 0 Å². The Morgan fingerprint density at radius 1 is 0.971 bits per heavy atom. The van der Waals surface area contributed by atoms with Gasteiger partial charge in [0.2, 0.25) is 11.8 Å². The van der Waals surface area contributed by atoms with Crippen molar-refractivity contribution in [1.82, 2.24) is 15.1 Å². The number of nitrogens with zero attached hydrogens (tertiary/aromatic N) is 2. The zero-order valence-corrected chi connectivity index (χ0v) is 23.5. The van der Waals surface area contributed by atoms with E-state index >= 15 is 0 Å². The Bertz CT molecular complexity index is 714. The summed E-state index contributed by atoms with van der Waals surface area (Å²) < 4.78 is 0. The van der Waals surface area contributed by atoms with Gasteiger partial charge >= 0.3 is 0 Å². The molecule has 0 radical (unpaired) electrons. The maximum Gasteiger partial charge on any atom is 0.245 e. The molecule has 1 saturated heterocycles. The van der Waals surface area contributed by atoms with E-state index in [1.54, 1.807) is 25.8 Å². The Balaban J connectivity index is 3.04. The SMILES string of the molecule is CC(=O)/C(C)=C/C(C(C)C)N(C)C(=O)C(NC(=O)C1CCCCN1C(C)CCC(C)C)C(C)C. The second-order valence-electron chi connectivity index (χ2n) is 11.4. The number of amides is 2. The largest absolute Gasteiger partial charge is 0.343 e. The fraction of sp³-hybridized carbons (Fsp3) is 0.821. The van der Waals surface area contributed by atoms with Crippen LogP contribution in [-0.2, 0) is 14.4 Å². The fourth-order valence-corrected chi connectivity index (χ4v) is 4.76. The van der Waals surface area contributed by atoms with Crippen LogP contribution < -0.4 is 5.32 Å². The quantitative estimate of drug-likeness (QED) is 0.409. The van der Waals surface area contributed by atoms with Gasteiger partial charge < -0.3 is 10.2 Å². The molecule has 0 aromatic rings. The Hall–Kier alpha value is -1.69. The number of piperidine rings is 1. The zero-order chi connectivity index (χ0) is 26.2. The number of likely N-dealkylation sites (tertiary alicyclic amines) is 1. The fourth-order valence-electron chi connectivity index (χ4n) is 4.76. The molecule has 6 nitrogen and oxygen atoms in total. The van der Waals surface area contributed by atoms with Gasteiger partial charge in [0.15, 0.2) is 5.78 Å². The van der Waals surface area contributed by atoms with E-state index in [0.717, 1.165) is 38.6 Å². The first kappa shape index (κ1) is 30.3.